The molecular weight excluding hydrogens is 357 g/mol. The van der Waals surface area contributed by atoms with Crippen molar-refractivity contribution in [3.8, 4) is 17.1 Å². The van der Waals surface area contributed by atoms with Crippen LogP contribution >= 0.6 is 23.5 Å². The lowest BCUT2D eigenvalue weighted by Gasteiger charge is -2.08. The highest BCUT2D eigenvalue weighted by Crippen LogP contribution is 2.30. The van der Waals surface area contributed by atoms with Gasteiger partial charge < -0.3 is 9.30 Å². The van der Waals surface area contributed by atoms with E-state index in [4.69, 9.17) is 4.74 Å². The highest BCUT2D eigenvalue weighted by atomic mass is 32.2. The van der Waals surface area contributed by atoms with Crippen LogP contribution in [0.1, 0.15) is 0 Å². The minimum absolute atomic E-state index is 0.207. The molecule has 0 N–H and O–H groups in total. The molecular formula is C18H18FN3OS2. The molecule has 4 nitrogen and oxygen atoms in total. The molecule has 0 saturated carbocycles. The molecule has 0 aliphatic rings. The van der Waals surface area contributed by atoms with Crippen molar-refractivity contribution in [1.82, 2.24) is 14.8 Å². The normalized spacial score (nSPS) is 10.8. The van der Waals surface area contributed by atoms with Crippen LogP contribution in [0.3, 0.4) is 0 Å². The van der Waals surface area contributed by atoms with Gasteiger partial charge in [0.05, 0.1) is 12.7 Å². The van der Waals surface area contributed by atoms with Crippen molar-refractivity contribution < 1.29 is 9.13 Å². The van der Waals surface area contributed by atoms with Crippen molar-refractivity contribution in [3.05, 3.63) is 54.3 Å². The largest absolute Gasteiger partial charge is 0.496 e. The van der Waals surface area contributed by atoms with Gasteiger partial charge in [-0.15, -0.1) is 22.0 Å². The number of para-hydroxylation sites is 1. The summed E-state index contributed by atoms with van der Waals surface area (Å²) >= 11 is 3.35. The van der Waals surface area contributed by atoms with Gasteiger partial charge in [-0.1, -0.05) is 23.9 Å². The molecule has 0 aliphatic carbocycles. The molecule has 0 bridgehead atoms. The molecule has 0 spiro atoms. The molecule has 2 aromatic carbocycles. The van der Waals surface area contributed by atoms with Gasteiger partial charge in [0.25, 0.3) is 0 Å². The van der Waals surface area contributed by atoms with Crippen molar-refractivity contribution in [2.75, 3.05) is 18.6 Å². The van der Waals surface area contributed by atoms with E-state index in [0.717, 1.165) is 38.7 Å². The average molecular weight is 375 g/mol. The Kier molecular flexibility index (Phi) is 5.99. The number of benzene rings is 2. The van der Waals surface area contributed by atoms with Crippen molar-refractivity contribution in [1.29, 1.82) is 0 Å². The van der Waals surface area contributed by atoms with Gasteiger partial charge in [0, 0.05) is 23.4 Å². The second-order valence-corrected chi connectivity index (χ2v) is 7.45. The Balaban J connectivity index is 1.61. The maximum atomic E-state index is 12.9. The molecule has 7 heteroatoms. The van der Waals surface area contributed by atoms with Crippen molar-refractivity contribution in [2.24, 2.45) is 7.05 Å². The summed E-state index contributed by atoms with van der Waals surface area (Å²) in [5, 5.41) is 9.45. The van der Waals surface area contributed by atoms with Gasteiger partial charge in [0.2, 0.25) is 0 Å². The van der Waals surface area contributed by atoms with Gasteiger partial charge >= 0.3 is 0 Å². The molecule has 0 radical (unpaired) electrons. The summed E-state index contributed by atoms with van der Waals surface area (Å²) in [4.78, 5) is 1.06. The summed E-state index contributed by atoms with van der Waals surface area (Å²) in [5.74, 6) is 3.15. The van der Waals surface area contributed by atoms with Gasteiger partial charge in [0.1, 0.15) is 11.6 Å². The van der Waals surface area contributed by atoms with Gasteiger partial charge in [-0.2, -0.15) is 0 Å². The van der Waals surface area contributed by atoms with Gasteiger partial charge in [-0.05, 0) is 36.4 Å². The van der Waals surface area contributed by atoms with E-state index in [2.05, 4.69) is 10.2 Å². The Morgan fingerprint density at radius 3 is 2.48 bits per heavy atom. The van der Waals surface area contributed by atoms with Crippen LogP contribution in [0.5, 0.6) is 5.75 Å². The third-order valence-electron chi connectivity index (χ3n) is 3.58. The van der Waals surface area contributed by atoms with Crippen LogP contribution in [-0.4, -0.2) is 33.4 Å². The molecule has 3 rings (SSSR count). The number of nitrogens with zero attached hydrogens (tertiary/aromatic N) is 3. The number of aromatic nitrogens is 3. The van der Waals surface area contributed by atoms with Gasteiger partial charge in [-0.3, -0.25) is 0 Å². The minimum atomic E-state index is -0.207. The zero-order valence-corrected chi connectivity index (χ0v) is 15.6. The number of hydrogen-bond acceptors (Lipinski definition) is 5. The summed E-state index contributed by atoms with van der Waals surface area (Å²) < 4.78 is 20.3. The molecule has 0 saturated heterocycles. The smallest absolute Gasteiger partial charge is 0.191 e. The molecule has 0 fully saturated rings. The zero-order valence-electron chi connectivity index (χ0n) is 14.0. The third-order valence-corrected chi connectivity index (χ3v) is 5.87. The van der Waals surface area contributed by atoms with Crippen LogP contribution in [0.25, 0.3) is 11.4 Å². The maximum Gasteiger partial charge on any atom is 0.191 e. The Labute approximate surface area is 154 Å². The van der Waals surface area contributed by atoms with Crippen molar-refractivity contribution in [2.45, 2.75) is 10.1 Å². The fourth-order valence-corrected chi connectivity index (χ4v) is 4.12. The molecule has 0 atom stereocenters. The number of hydrogen-bond donors (Lipinski definition) is 0. The average Bonchev–Trinajstić information content (AvgIpc) is 3.00. The number of thioether (sulfide) groups is 2. The first-order chi connectivity index (χ1) is 12.2. The van der Waals surface area contributed by atoms with E-state index >= 15 is 0 Å². The summed E-state index contributed by atoms with van der Waals surface area (Å²) in [6.07, 6.45) is 0. The number of methoxy groups -OCH3 is 1. The number of rotatable bonds is 7. The second kappa shape index (κ2) is 8.40. The summed E-state index contributed by atoms with van der Waals surface area (Å²) in [7, 11) is 3.61. The van der Waals surface area contributed by atoms with E-state index in [1.807, 2.05) is 35.9 Å². The molecule has 25 heavy (non-hydrogen) atoms. The fourth-order valence-electron chi connectivity index (χ4n) is 2.33. The summed E-state index contributed by atoms with van der Waals surface area (Å²) in [5.41, 5.74) is 0.924. The van der Waals surface area contributed by atoms with E-state index in [0.29, 0.717) is 0 Å². The molecule has 1 aromatic heterocycles. The molecule has 1 heterocycles. The Hall–Kier alpha value is -1.99. The number of halogens is 1. The first-order valence-corrected chi connectivity index (χ1v) is 9.70. The quantitative estimate of drug-likeness (QED) is 0.449. The summed E-state index contributed by atoms with van der Waals surface area (Å²) in [6, 6.07) is 14.3. The van der Waals surface area contributed by atoms with E-state index in [9.17, 15) is 4.39 Å². The van der Waals surface area contributed by atoms with Crippen molar-refractivity contribution >= 4 is 23.5 Å². The van der Waals surface area contributed by atoms with Crippen LogP contribution in [0.4, 0.5) is 4.39 Å². The van der Waals surface area contributed by atoms with E-state index < -0.39 is 0 Å². The van der Waals surface area contributed by atoms with E-state index in [1.54, 1.807) is 42.8 Å². The Bertz CT molecular complexity index is 837. The molecule has 130 valence electrons. The Morgan fingerprint density at radius 1 is 1.00 bits per heavy atom. The van der Waals surface area contributed by atoms with Gasteiger partial charge in [0.15, 0.2) is 11.0 Å². The van der Waals surface area contributed by atoms with Crippen LogP contribution in [0.2, 0.25) is 0 Å². The summed E-state index contributed by atoms with van der Waals surface area (Å²) in [6.45, 7) is 0. The predicted octanol–water partition coefficient (Wildman–Crippen LogP) is 4.51. The monoisotopic (exact) mass is 375 g/mol. The third kappa shape index (κ3) is 4.35. The lowest BCUT2D eigenvalue weighted by atomic mass is 10.2. The standard InChI is InChI=1S/C18H18FN3OS2/c1-22-17(15-5-3-4-6-16(15)23-2)20-21-18(22)25-12-11-24-14-9-7-13(19)8-10-14/h3-10H,11-12H2,1-2H3. The predicted molar refractivity (Wildman–Crippen MR) is 101 cm³/mol. The molecule has 0 aliphatic heterocycles. The zero-order chi connectivity index (χ0) is 17.6. The molecule has 0 unspecified atom stereocenters. The van der Waals surface area contributed by atoms with E-state index in [1.165, 1.54) is 12.1 Å². The highest BCUT2D eigenvalue weighted by Gasteiger charge is 2.14. The van der Waals surface area contributed by atoms with E-state index in [-0.39, 0.29) is 5.82 Å². The lowest BCUT2D eigenvalue weighted by molar-refractivity contribution is 0.416. The minimum Gasteiger partial charge on any atom is -0.496 e. The first kappa shape index (κ1) is 17.8. The first-order valence-electron chi connectivity index (χ1n) is 7.73. The van der Waals surface area contributed by atoms with Crippen LogP contribution < -0.4 is 4.74 Å². The highest BCUT2D eigenvalue weighted by molar-refractivity contribution is 8.02. The topological polar surface area (TPSA) is 39.9 Å². The Morgan fingerprint density at radius 2 is 1.72 bits per heavy atom. The maximum absolute atomic E-state index is 12.9. The molecule has 3 aromatic rings. The fraction of sp³-hybridized carbons (Fsp3) is 0.222. The SMILES string of the molecule is COc1ccccc1-c1nnc(SCCSc2ccc(F)cc2)n1C. The molecule has 0 amide bonds. The number of ether oxygens (including phenoxy) is 1. The van der Waals surface area contributed by atoms with Crippen molar-refractivity contribution in [3.63, 3.8) is 0 Å². The van der Waals surface area contributed by atoms with Crippen LogP contribution in [-0.2, 0) is 7.05 Å². The van der Waals surface area contributed by atoms with Crippen LogP contribution in [0, 0.1) is 5.82 Å². The lowest BCUT2D eigenvalue weighted by Crippen LogP contribution is -1.97. The van der Waals surface area contributed by atoms with Crippen LogP contribution in [0.15, 0.2) is 58.6 Å². The van der Waals surface area contributed by atoms with Gasteiger partial charge in [-0.25, -0.2) is 4.39 Å². The second-order valence-electron chi connectivity index (χ2n) is 5.22.